The summed E-state index contributed by atoms with van der Waals surface area (Å²) in [5, 5.41) is 12.7. The lowest BCUT2D eigenvalue weighted by molar-refractivity contribution is -0.253. The van der Waals surface area contributed by atoms with Crippen molar-refractivity contribution in [2.24, 2.45) is 0 Å². The third-order valence-corrected chi connectivity index (χ3v) is 10.1. The van der Waals surface area contributed by atoms with Crippen molar-refractivity contribution in [3.8, 4) is 11.1 Å². The van der Waals surface area contributed by atoms with E-state index in [-0.39, 0.29) is 30.4 Å². The summed E-state index contributed by atoms with van der Waals surface area (Å²) in [5.74, 6) is -0.275. The van der Waals surface area contributed by atoms with Gasteiger partial charge in [0, 0.05) is 38.2 Å². The number of rotatable bonds is 13. The van der Waals surface area contributed by atoms with Gasteiger partial charge >= 0.3 is 0 Å². The molecule has 8 nitrogen and oxygen atoms in total. The molecule has 1 aliphatic heterocycles. The first-order valence-corrected chi connectivity index (χ1v) is 19.1. The van der Waals surface area contributed by atoms with E-state index in [0.29, 0.717) is 25.0 Å². The van der Waals surface area contributed by atoms with Crippen molar-refractivity contribution in [1.82, 2.24) is 20.2 Å². The first kappa shape index (κ1) is 36.9. The number of para-hydroxylation sites is 2. The molecule has 8 heteroatoms. The van der Waals surface area contributed by atoms with E-state index in [0.717, 1.165) is 52.0 Å². The fraction of sp³-hybridized carbons (Fsp3) is 0.188. The lowest BCUT2D eigenvalue weighted by Crippen LogP contribution is -2.39. The Hall–Kier alpha value is -6.03. The van der Waals surface area contributed by atoms with Crippen LogP contribution in [0.3, 0.4) is 0 Å². The molecule has 56 heavy (non-hydrogen) atoms. The Kier molecular flexibility index (Phi) is 11.6. The monoisotopic (exact) mass is 740 g/mol. The molecule has 7 aromatic rings. The zero-order chi connectivity index (χ0) is 38.1. The highest BCUT2D eigenvalue weighted by atomic mass is 16.7. The number of aliphatic hydroxyl groups excluding tert-OH is 1. The zero-order valence-electron chi connectivity index (χ0n) is 31.1. The Morgan fingerprint density at radius 1 is 0.661 bits per heavy atom. The molecule has 2 N–H and O–H groups in total. The molecule has 0 radical (unpaired) electrons. The van der Waals surface area contributed by atoms with Crippen LogP contribution < -0.4 is 5.32 Å². The van der Waals surface area contributed by atoms with E-state index in [1.807, 2.05) is 54.6 Å². The molecule has 2 heterocycles. The van der Waals surface area contributed by atoms with Gasteiger partial charge in [-0.25, -0.2) is 4.98 Å². The topological polar surface area (TPSA) is 96.8 Å². The van der Waals surface area contributed by atoms with Gasteiger partial charge in [-0.2, -0.15) is 0 Å². The van der Waals surface area contributed by atoms with Crippen molar-refractivity contribution < 1.29 is 19.4 Å². The van der Waals surface area contributed by atoms with Crippen LogP contribution in [0, 0.1) is 0 Å². The van der Waals surface area contributed by atoms with Gasteiger partial charge in [-0.15, -0.1) is 0 Å². The normalized spacial score (nSPS) is 16.9. The number of aliphatic hydroxyl groups is 1. The number of benzene rings is 6. The third kappa shape index (κ3) is 9.25. The van der Waals surface area contributed by atoms with E-state index >= 15 is 0 Å². The van der Waals surface area contributed by atoms with Crippen molar-refractivity contribution in [2.45, 2.75) is 51.2 Å². The Morgan fingerprint density at radius 3 is 2.02 bits per heavy atom. The molecular weight excluding hydrogens is 697 g/mol. The molecule has 1 aliphatic rings. The van der Waals surface area contributed by atoms with Gasteiger partial charge in [0.15, 0.2) is 6.29 Å². The summed E-state index contributed by atoms with van der Waals surface area (Å²) in [7, 11) is 0. The summed E-state index contributed by atoms with van der Waals surface area (Å²) < 4.78 is 13.6. The number of carbonyl (C=O) groups excluding carboxylic acids is 1. The molecular formula is C48H44N4O4. The summed E-state index contributed by atoms with van der Waals surface area (Å²) >= 11 is 0. The highest BCUT2D eigenvalue weighted by Gasteiger charge is 2.33. The highest BCUT2D eigenvalue weighted by Crippen LogP contribution is 2.39. The third-order valence-electron chi connectivity index (χ3n) is 10.1. The number of fused-ring (bicyclic) bond motifs is 1. The van der Waals surface area contributed by atoms with Crippen molar-refractivity contribution in [3.63, 3.8) is 0 Å². The van der Waals surface area contributed by atoms with Gasteiger partial charge in [0.1, 0.15) is 5.69 Å². The van der Waals surface area contributed by atoms with Crippen LogP contribution in [-0.2, 0) is 35.7 Å². The fourth-order valence-corrected chi connectivity index (χ4v) is 7.25. The van der Waals surface area contributed by atoms with Crippen molar-refractivity contribution >= 4 is 16.9 Å². The predicted octanol–water partition coefficient (Wildman–Crippen LogP) is 8.97. The largest absolute Gasteiger partial charge is 0.392 e. The van der Waals surface area contributed by atoms with E-state index in [1.54, 1.807) is 0 Å². The molecule has 1 amide bonds. The predicted molar refractivity (Wildman–Crippen MR) is 218 cm³/mol. The van der Waals surface area contributed by atoms with Crippen LogP contribution in [0.4, 0.5) is 0 Å². The summed E-state index contributed by atoms with van der Waals surface area (Å²) in [4.78, 5) is 24.3. The number of nitrogens with zero attached hydrogens (tertiary/aromatic N) is 3. The zero-order valence-corrected chi connectivity index (χ0v) is 31.1. The number of carbonyl (C=O) groups is 1. The van der Waals surface area contributed by atoms with E-state index in [1.165, 1.54) is 17.3 Å². The van der Waals surface area contributed by atoms with E-state index in [9.17, 15) is 9.90 Å². The Bertz CT molecular complexity index is 2330. The molecule has 1 aromatic heterocycles. The number of hydrogen-bond acceptors (Lipinski definition) is 7. The Morgan fingerprint density at radius 2 is 1.30 bits per heavy atom. The van der Waals surface area contributed by atoms with Gasteiger partial charge in [0.25, 0.3) is 5.91 Å². The highest BCUT2D eigenvalue weighted by molar-refractivity contribution is 5.93. The van der Waals surface area contributed by atoms with Crippen LogP contribution >= 0.6 is 0 Å². The smallest absolute Gasteiger partial charge is 0.271 e. The molecule has 6 aromatic carbocycles. The maximum Gasteiger partial charge on any atom is 0.271 e. The maximum atomic E-state index is 13.0. The minimum Gasteiger partial charge on any atom is -0.392 e. The van der Waals surface area contributed by atoms with E-state index < -0.39 is 6.29 Å². The van der Waals surface area contributed by atoms with Crippen LogP contribution in [0.5, 0.6) is 0 Å². The van der Waals surface area contributed by atoms with Gasteiger partial charge in [-0.05, 0) is 63.2 Å². The number of amides is 1. The SMILES string of the molecule is O=C(NCc1cccc(-c2cccc([C@H]3O[C@@H](CN(Cc4ccccc4)Cc4ccccc4)C[C@@H](c4ccc(CO)cc4)O3)c2)c1)c1cnc2ccccc2n1. The van der Waals surface area contributed by atoms with Crippen LogP contribution in [0.15, 0.2) is 164 Å². The molecule has 1 saturated heterocycles. The second-order valence-corrected chi connectivity index (χ2v) is 14.2. The maximum absolute atomic E-state index is 13.0. The lowest BCUT2D eigenvalue weighted by atomic mass is 9.98. The summed E-state index contributed by atoms with van der Waals surface area (Å²) in [5.41, 5.74) is 10.1. The molecule has 3 atom stereocenters. The molecule has 0 unspecified atom stereocenters. The van der Waals surface area contributed by atoms with E-state index in [4.69, 9.17) is 9.47 Å². The van der Waals surface area contributed by atoms with Crippen molar-refractivity contribution in [3.05, 3.63) is 203 Å². The minimum atomic E-state index is -0.600. The number of nitrogens with one attached hydrogen (secondary N) is 1. The average Bonchev–Trinajstić information content (AvgIpc) is 3.26. The molecule has 280 valence electrons. The van der Waals surface area contributed by atoms with Crippen LogP contribution in [0.2, 0.25) is 0 Å². The van der Waals surface area contributed by atoms with Crippen LogP contribution in [-0.4, -0.2) is 38.5 Å². The van der Waals surface area contributed by atoms with Gasteiger partial charge in [-0.1, -0.05) is 133 Å². The van der Waals surface area contributed by atoms with Crippen molar-refractivity contribution in [1.29, 1.82) is 0 Å². The molecule has 1 fully saturated rings. The quantitative estimate of drug-likeness (QED) is 0.122. The van der Waals surface area contributed by atoms with Gasteiger partial charge in [-0.3, -0.25) is 14.7 Å². The van der Waals surface area contributed by atoms with Gasteiger partial charge in [0.05, 0.1) is 36.0 Å². The molecule has 0 bridgehead atoms. The van der Waals surface area contributed by atoms with Gasteiger partial charge in [0.2, 0.25) is 0 Å². The molecule has 0 spiro atoms. The minimum absolute atomic E-state index is 0.00635. The number of ether oxygens (including phenoxy) is 2. The lowest BCUT2D eigenvalue weighted by Gasteiger charge is -2.38. The number of aromatic nitrogens is 2. The van der Waals surface area contributed by atoms with Gasteiger partial charge < -0.3 is 19.9 Å². The summed E-state index contributed by atoms with van der Waals surface area (Å²) in [6, 6.07) is 53.1. The van der Waals surface area contributed by atoms with Crippen molar-refractivity contribution in [2.75, 3.05) is 6.54 Å². The van der Waals surface area contributed by atoms with Crippen LogP contribution in [0.1, 0.15) is 62.7 Å². The first-order valence-electron chi connectivity index (χ1n) is 19.1. The molecule has 0 saturated carbocycles. The second-order valence-electron chi connectivity index (χ2n) is 14.2. The summed E-state index contributed by atoms with van der Waals surface area (Å²) in [6.45, 7) is 2.63. The summed E-state index contributed by atoms with van der Waals surface area (Å²) in [6.07, 6.45) is 1.28. The standard InChI is InChI=1S/C48H44N4O4/c53-33-36-21-23-38(24-22-36)46-27-42(32-52(30-34-11-3-1-4-12-34)31-35-13-5-2-6-14-35)55-48(56-46)41-18-10-17-40(26-41)39-16-9-15-37(25-39)28-50-47(54)45-29-49-43-19-7-8-20-44(43)51-45/h1-26,29,42,46,48,53H,27-28,30-33H2,(H,50,54)/t42-,46+,48+/m1/s1. The average molecular weight is 741 g/mol. The number of hydrogen-bond donors (Lipinski definition) is 2. The fourth-order valence-electron chi connectivity index (χ4n) is 7.25. The molecule has 0 aliphatic carbocycles. The first-order chi connectivity index (χ1) is 27.6. The second kappa shape index (κ2) is 17.6. The van der Waals surface area contributed by atoms with Crippen LogP contribution in [0.25, 0.3) is 22.2 Å². The Balaban J connectivity index is 1.02. The van der Waals surface area contributed by atoms with E-state index in [2.05, 4.69) is 123 Å². The molecule has 8 rings (SSSR count). The Labute approximate surface area is 327 Å².